The molecule has 0 aliphatic heterocycles. The van der Waals surface area contributed by atoms with Gasteiger partial charge in [-0.3, -0.25) is 4.79 Å². The van der Waals surface area contributed by atoms with E-state index in [-0.39, 0.29) is 17.8 Å². The highest BCUT2D eigenvalue weighted by atomic mass is 16.6. The Kier molecular flexibility index (Phi) is 8.04. The van der Waals surface area contributed by atoms with Crippen LogP contribution in [0.15, 0.2) is 18.2 Å². The lowest BCUT2D eigenvalue weighted by Gasteiger charge is -2.42. The van der Waals surface area contributed by atoms with Gasteiger partial charge in [0.2, 0.25) is 0 Å². The molecule has 2 aliphatic rings. The third-order valence-corrected chi connectivity index (χ3v) is 6.87. The summed E-state index contributed by atoms with van der Waals surface area (Å²) in [6.07, 6.45) is 11.0. The molecule has 0 amide bonds. The fourth-order valence-corrected chi connectivity index (χ4v) is 5.14. The Morgan fingerprint density at radius 1 is 1.23 bits per heavy atom. The molecule has 0 saturated heterocycles. The summed E-state index contributed by atoms with van der Waals surface area (Å²) in [5.74, 6) is 0.732. The fourth-order valence-electron chi connectivity index (χ4n) is 5.14. The first kappa shape index (κ1) is 22.9. The molecule has 2 aliphatic carbocycles. The third-order valence-electron chi connectivity index (χ3n) is 6.87. The van der Waals surface area contributed by atoms with Crippen LogP contribution in [0, 0.1) is 5.92 Å². The number of aliphatic hydroxyl groups excluding tert-OH is 1. The van der Waals surface area contributed by atoms with Crippen LogP contribution in [0.25, 0.3) is 0 Å². The average Bonchev–Trinajstić information content (AvgIpc) is 3.21. The molecule has 3 rings (SSSR count). The summed E-state index contributed by atoms with van der Waals surface area (Å²) < 4.78 is 11.8. The molecular formula is C25H38O5. The molecule has 2 saturated carbocycles. The van der Waals surface area contributed by atoms with Gasteiger partial charge < -0.3 is 19.7 Å². The van der Waals surface area contributed by atoms with Crippen LogP contribution in [0.2, 0.25) is 0 Å². The molecule has 168 valence electrons. The maximum Gasteiger partial charge on any atom is 0.303 e. The largest absolute Gasteiger partial charge is 0.504 e. The average molecular weight is 419 g/mol. The molecule has 30 heavy (non-hydrogen) atoms. The predicted octanol–water partition coefficient (Wildman–Crippen LogP) is 5.30. The minimum atomic E-state index is -0.613. The van der Waals surface area contributed by atoms with Crippen LogP contribution in [0.1, 0.15) is 90.0 Å². The van der Waals surface area contributed by atoms with Crippen molar-refractivity contribution in [2.45, 2.75) is 109 Å². The Morgan fingerprint density at radius 2 is 2.00 bits per heavy atom. The number of carbonyl (C=O) groups excluding carboxylic acids is 1. The number of aryl methyl sites for hydroxylation is 1. The first-order valence-electron chi connectivity index (χ1n) is 11.8. The number of unbranched alkanes of at least 4 members (excludes halogenated alkanes) is 1. The van der Waals surface area contributed by atoms with Gasteiger partial charge in [-0.2, -0.15) is 0 Å². The number of rotatable bonds is 9. The van der Waals surface area contributed by atoms with E-state index < -0.39 is 11.7 Å². The highest BCUT2D eigenvalue weighted by Gasteiger charge is 2.42. The smallest absolute Gasteiger partial charge is 0.303 e. The van der Waals surface area contributed by atoms with E-state index >= 15 is 0 Å². The Bertz CT molecular complexity index is 697. The first-order chi connectivity index (χ1) is 14.4. The molecule has 1 aromatic carbocycles. The summed E-state index contributed by atoms with van der Waals surface area (Å²) in [4.78, 5) is 11.8. The van der Waals surface area contributed by atoms with Crippen molar-refractivity contribution in [3.63, 3.8) is 0 Å². The van der Waals surface area contributed by atoms with Crippen molar-refractivity contribution in [3.8, 4) is 11.5 Å². The molecule has 2 fully saturated rings. The summed E-state index contributed by atoms with van der Waals surface area (Å²) in [6, 6.07) is 5.51. The van der Waals surface area contributed by atoms with Gasteiger partial charge in [-0.1, -0.05) is 25.8 Å². The molecule has 0 heterocycles. The van der Waals surface area contributed by atoms with Gasteiger partial charge in [0.05, 0.1) is 12.2 Å². The van der Waals surface area contributed by atoms with Crippen LogP contribution in [0.3, 0.4) is 0 Å². The van der Waals surface area contributed by atoms with Gasteiger partial charge >= 0.3 is 5.97 Å². The number of hydrogen-bond acceptors (Lipinski definition) is 5. The first-order valence-corrected chi connectivity index (χ1v) is 11.8. The molecule has 1 aromatic rings. The van der Waals surface area contributed by atoms with Crippen molar-refractivity contribution in [1.29, 1.82) is 0 Å². The SMILES string of the molecule is CCCCC1CCC(CCc2ccc(O)c(OC3CCCC3)c2)(OC(C)=O)CC1O. The van der Waals surface area contributed by atoms with E-state index in [9.17, 15) is 15.0 Å². The van der Waals surface area contributed by atoms with Gasteiger partial charge in [-0.05, 0) is 81.4 Å². The van der Waals surface area contributed by atoms with Crippen molar-refractivity contribution in [1.82, 2.24) is 0 Å². The maximum atomic E-state index is 11.8. The lowest BCUT2D eigenvalue weighted by atomic mass is 9.72. The van der Waals surface area contributed by atoms with Crippen molar-refractivity contribution >= 4 is 5.97 Å². The van der Waals surface area contributed by atoms with Crippen LogP contribution >= 0.6 is 0 Å². The topological polar surface area (TPSA) is 76.0 Å². The number of phenolic OH excluding ortho intramolecular Hbond substituents is 1. The van der Waals surface area contributed by atoms with Crippen LogP contribution in [-0.4, -0.2) is 34.0 Å². The molecule has 0 bridgehead atoms. The van der Waals surface area contributed by atoms with Crippen molar-refractivity contribution < 1.29 is 24.5 Å². The molecule has 2 N–H and O–H groups in total. The monoisotopic (exact) mass is 418 g/mol. The maximum absolute atomic E-state index is 11.8. The minimum absolute atomic E-state index is 0.173. The quantitative estimate of drug-likeness (QED) is 0.532. The van der Waals surface area contributed by atoms with Gasteiger partial charge in [0.25, 0.3) is 0 Å². The van der Waals surface area contributed by atoms with Crippen LogP contribution < -0.4 is 4.74 Å². The highest BCUT2D eigenvalue weighted by molar-refractivity contribution is 5.66. The van der Waals surface area contributed by atoms with Gasteiger partial charge in [0.1, 0.15) is 5.60 Å². The van der Waals surface area contributed by atoms with E-state index in [0.717, 1.165) is 50.5 Å². The Hall–Kier alpha value is -1.75. The molecule has 5 nitrogen and oxygen atoms in total. The highest BCUT2D eigenvalue weighted by Crippen LogP contribution is 2.41. The Morgan fingerprint density at radius 3 is 2.67 bits per heavy atom. The predicted molar refractivity (Wildman–Crippen MR) is 117 cm³/mol. The Labute approximate surface area is 180 Å². The third kappa shape index (κ3) is 6.13. The second kappa shape index (κ2) is 10.5. The molecule has 0 radical (unpaired) electrons. The van der Waals surface area contributed by atoms with E-state index in [1.54, 1.807) is 6.07 Å². The van der Waals surface area contributed by atoms with Gasteiger partial charge in [0.15, 0.2) is 11.5 Å². The number of hydrogen-bond donors (Lipinski definition) is 2. The van der Waals surface area contributed by atoms with Gasteiger partial charge in [0, 0.05) is 13.3 Å². The molecule has 5 heteroatoms. The summed E-state index contributed by atoms with van der Waals surface area (Å²) in [6.45, 7) is 3.62. The molecule has 0 aromatic heterocycles. The second-order valence-corrected chi connectivity index (χ2v) is 9.32. The number of phenols is 1. The van der Waals surface area contributed by atoms with Crippen LogP contribution in [0.4, 0.5) is 0 Å². The van der Waals surface area contributed by atoms with Gasteiger partial charge in [-0.25, -0.2) is 0 Å². The number of esters is 1. The zero-order valence-corrected chi connectivity index (χ0v) is 18.6. The van der Waals surface area contributed by atoms with E-state index in [0.29, 0.717) is 30.9 Å². The lowest BCUT2D eigenvalue weighted by Crippen LogP contribution is -2.45. The van der Waals surface area contributed by atoms with E-state index in [1.807, 2.05) is 12.1 Å². The molecular weight excluding hydrogens is 380 g/mol. The van der Waals surface area contributed by atoms with Crippen LogP contribution in [0.5, 0.6) is 11.5 Å². The number of ether oxygens (including phenoxy) is 2. The Balaban J connectivity index is 1.65. The summed E-state index contributed by atoms with van der Waals surface area (Å²) >= 11 is 0. The van der Waals surface area contributed by atoms with Crippen molar-refractivity contribution in [3.05, 3.63) is 23.8 Å². The second-order valence-electron chi connectivity index (χ2n) is 9.32. The fraction of sp³-hybridized carbons (Fsp3) is 0.720. The zero-order chi connectivity index (χ0) is 21.6. The minimum Gasteiger partial charge on any atom is -0.504 e. The normalized spacial score (nSPS) is 27.2. The summed E-state index contributed by atoms with van der Waals surface area (Å²) in [5.41, 5.74) is 0.438. The summed E-state index contributed by atoms with van der Waals surface area (Å²) in [5, 5.41) is 20.9. The molecule has 3 atom stereocenters. The molecule has 0 spiro atoms. The summed E-state index contributed by atoms with van der Waals surface area (Å²) in [7, 11) is 0. The number of aliphatic hydroxyl groups is 1. The van der Waals surface area contributed by atoms with E-state index in [4.69, 9.17) is 9.47 Å². The van der Waals surface area contributed by atoms with E-state index in [1.165, 1.54) is 19.8 Å². The number of carbonyl (C=O) groups is 1. The van der Waals surface area contributed by atoms with E-state index in [2.05, 4.69) is 6.92 Å². The number of aromatic hydroxyl groups is 1. The number of benzene rings is 1. The van der Waals surface area contributed by atoms with Crippen molar-refractivity contribution in [2.24, 2.45) is 5.92 Å². The standard InChI is InChI=1S/C25H38O5/c1-3-4-7-20-13-15-25(17-23(20)28,30-18(2)26)14-12-19-10-11-22(27)24(16-19)29-21-8-5-6-9-21/h10-11,16,20-21,23,27-28H,3-9,12-15,17H2,1-2H3. The van der Waals surface area contributed by atoms with Crippen molar-refractivity contribution in [2.75, 3.05) is 0 Å². The lowest BCUT2D eigenvalue weighted by molar-refractivity contribution is -0.168. The molecule has 3 unspecified atom stereocenters. The van der Waals surface area contributed by atoms with Crippen LogP contribution in [-0.2, 0) is 16.0 Å². The van der Waals surface area contributed by atoms with Gasteiger partial charge in [-0.15, -0.1) is 0 Å². The zero-order valence-electron chi connectivity index (χ0n) is 18.6.